The summed E-state index contributed by atoms with van der Waals surface area (Å²) in [6.45, 7) is -0.456. The van der Waals surface area contributed by atoms with Crippen LogP contribution >= 0.6 is 15.9 Å². The zero-order valence-electron chi connectivity index (χ0n) is 19.4. The molecule has 0 aliphatic heterocycles. The Labute approximate surface area is 214 Å². The monoisotopic (exact) mass is 564 g/mol. The molecule has 0 unspecified atom stereocenters. The van der Waals surface area contributed by atoms with Crippen molar-refractivity contribution < 1.29 is 22.7 Å². The number of carbonyl (C=O) groups excluding carboxylic acids is 2. The molecular weight excluding hydrogens is 536 g/mol. The molecule has 0 bridgehead atoms. The van der Waals surface area contributed by atoms with Crippen molar-refractivity contribution in [3.8, 4) is 5.75 Å². The van der Waals surface area contributed by atoms with Gasteiger partial charge in [-0.1, -0.05) is 35.2 Å². The van der Waals surface area contributed by atoms with Crippen LogP contribution in [0.15, 0.2) is 58.1 Å². The summed E-state index contributed by atoms with van der Waals surface area (Å²) < 4.78 is 31.6. The third-order valence-corrected chi connectivity index (χ3v) is 7.09. The van der Waals surface area contributed by atoms with Gasteiger partial charge in [0.25, 0.3) is 11.8 Å². The first kappa shape index (κ1) is 26.7. The zero-order valence-corrected chi connectivity index (χ0v) is 21.8. The van der Waals surface area contributed by atoms with Gasteiger partial charge in [0.15, 0.2) is 6.61 Å². The first-order chi connectivity index (χ1) is 16.7. The minimum absolute atomic E-state index is 0.0464. The summed E-state index contributed by atoms with van der Waals surface area (Å²) in [6.07, 6.45) is 8.04. The number of amides is 2. The Bertz CT molecular complexity index is 1130. The number of hydrogen-bond acceptors (Lipinski definition) is 6. The maximum atomic E-state index is 12.3. The molecule has 0 aromatic heterocycles. The molecule has 1 saturated carbocycles. The summed E-state index contributed by atoms with van der Waals surface area (Å²) in [5.74, 6) is -0.168. The van der Waals surface area contributed by atoms with Crippen LogP contribution in [-0.2, 0) is 19.6 Å². The predicted molar refractivity (Wildman–Crippen MR) is 139 cm³/mol. The summed E-state index contributed by atoms with van der Waals surface area (Å²) >= 11 is 3.30. The fraction of sp³-hybridized carbons (Fsp3) is 0.375. The molecule has 0 saturated heterocycles. The van der Waals surface area contributed by atoms with Crippen molar-refractivity contribution in [2.45, 2.75) is 38.1 Å². The average Bonchev–Trinajstić information content (AvgIpc) is 2.83. The molecule has 9 nitrogen and oxygen atoms in total. The van der Waals surface area contributed by atoms with Gasteiger partial charge in [-0.25, -0.2) is 13.8 Å². The molecule has 2 N–H and O–H groups in total. The molecule has 3 rings (SSSR count). The van der Waals surface area contributed by atoms with Crippen molar-refractivity contribution in [3.05, 3.63) is 58.6 Å². The van der Waals surface area contributed by atoms with E-state index in [4.69, 9.17) is 4.74 Å². The highest BCUT2D eigenvalue weighted by atomic mass is 79.9. The zero-order chi connectivity index (χ0) is 25.3. The lowest BCUT2D eigenvalue weighted by molar-refractivity contribution is -0.124. The van der Waals surface area contributed by atoms with Gasteiger partial charge >= 0.3 is 0 Å². The molecule has 35 heavy (non-hydrogen) atoms. The quantitative estimate of drug-likeness (QED) is 0.339. The van der Waals surface area contributed by atoms with Gasteiger partial charge in [-0.3, -0.25) is 13.9 Å². The second kappa shape index (κ2) is 12.7. The van der Waals surface area contributed by atoms with Gasteiger partial charge in [-0.05, 0) is 66.9 Å². The van der Waals surface area contributed by atoms with E-state index in [1.54, 1.807) is 48.5 Å². The van der Waals surface area contributed by atoms with Crippen LogP contribution in [0.3, 0.4) is 0 Å². The fourth-order valence-electron chi connectivity index (χ4n) is 3.67. The second-order valence-electron chi connectivity index (χ2n) is 8.30. The minimum Gasteiger partial charge on any atom is -0.484 e. The fourth-order valence-corrected chi connectivity index (χ4v) is 4.79. The molecule has 1 fully saturated rings. The van der Waals surface area contributed by atoms with Crippen LogP contribution in [0.5, 0.6) is 5.75 Å². The molecule has 0 heterocycles. The lowest BCUT2D eigenvalue weighted by Crippen LogP contribution is -2.39. The minimum atomic E-state index is -3.67. The highest BCUT2D eigenvalue weighted by Gasteiger charge is 2.20. The summed E-state index contributed by atoms with van der Waals surface area (Å²) in [4.78, 5) is 24.3. The summed E-state index contributed by atoms with van der Waals surface area (Å²) in [7, 11) is -3.67. The Morgan fingerprint density at radius 1 is 1.06 bits per heavy atom. The van der Waals surface area contributed by atoms with E-state index >= 15 is 0 Å². The molecule has 0 atom stereocenters. The van der Waals surface area contributed by atoms with Crippen LogP contribution < -0.4 is 19.8 Å². The van der Waals surface area contributed by atoms with Gasteiger partial charge in [0.2, 0.25) is 10.0 Å². The number of anilines is 1. The number of hydrogen-bond donors (Lipinski definition) is 2. The van der Waals surface area contributed by atoms with Crippen molar-refractivity contribution in [1.29, 1.82) is 0 Å². The van der Waals surface area contributed by atoms with Gasteiger partial charge in [0, 0.05) is 10.5 Å². The number of nitrogens with one attached hydrogen (secondary N) is 2. The molecule has 2 aromatic carbocycles. The van der Waals surface area contributed by atoms with Crippen molar-refractivity contribution in [2.75, 3.05) is 23.7 Å². The Morgan fingerprint density at radius 3 is 2.34 bits per heavy atom. The van der Waals surface area contributed by atoms with E-state index in [0.717, 1.165) is 40.7 Å². The highest BCUT2D eigenvalue weighted by molar-refractivity contribution is 9.10. The van der Waals surface area contributed by atoms with E-state index in [1.165, 1.54) is 12.6 Å². The van der Waals surface area contributed by atoms with Gasteiger partial charge in [-0.15, -0.1) is 0 Å². The number of benzene rings is 2. The van der Waals surface area contributed by atoms with Crippen molar-refractivity contribution in [1.82, 2.24) is 10.7 Å². The molecule has 1 aliphatic carbocycles. The Kier molecular flexibility index (Phi) is 9.67. The van der Waals surface area contributed by atoms with Crippen LogP contribution in [0.25, 0.3) is 0 Å². The van der Waals surface area contributed by atoms with Gasteiger partial charge in [0.05, 0.1) is 18.2 Å². The van der Waals surface area contributed by atoms with E-state index in [1.807, 2.05) is 0 Å². The molecule has 2 amide bonds. The van der Waals surface area contributed by atoms with Crippen molar-refractivity contribution >= 4 is 49.7 Å². The van der Waals surface area contributed by atoms with Crippen molar-refractivity contribution in [2.24, 2.45) is 5.10 Å². The summed E-state index contributed by atoms with van der Waals surface area (Å²) in [5.41, 5.74) is 3.40. The maximum Gasteiger partial charge on any atom is 0.260 e. The van der Waals surface area contributed by atoms with E-state index < -0.39 is 22.5 Å². The van der Waals surface area contributed by atoms with Gasteiger partial charge < -0.3 is 10.1 Å². The van der Waals surface area contributed by atoms with Crippen LogP contribution in [-0.4, -0.2) is 51.9 Å². The first-order valence-electron chi connectivity index (χ1n) is 11.3. The number of ether oxygens (including phenoxy) is 1. The number of hydrazone groups is 1. The molecule has 0 radical (unpaired) electrons. The number of rotatable bonds is 10. The van der Waals surface area contributed by atoms with Crippen LogP contribution in [0.1, 0.15) is 37.7 Å². The largest absolute Gasteiger partial charge is 0.484 e. The summed E-state index contributed by atoms with van der Waals surface area (Å²) in [6, 6.07) is 13.7. The second-order valence-corrected chi connectivity index (χ2v) is 11.1. The molecule has 1 aliphatic rings. The third kappa shape index (κ3) is 8.99. The molecule has 11 heteroatoms. The van der Waals surface area contributed by atoms with Crippen LogP contribution in [0, 0.1) is 0 Å². The molecule has 2 aromatic rings. The van der Waals surface area contributed by atoms with E-state index in [2.05, 4.69) is 31.8 Å². The Balaban J connectivity index is 1.46. The van der Waals surface area contributed by atoms with Gasteiger partial charge in [0.1, 0.15) is 12.3 Å². The van der Waals surface area contributed by atoms with E-state index in [-0.39, 0.29) is 18.6 Å². The number of nitrogens with zero attached hydrogens (tertiary/aromatic N) is 2. The van der Waals surface area contributed by atoms with E-state index in [0.29, 0.717) is 17.0 Å². The van der Waals surface area contributed by atoms with E-state index in [9.17, 15) is 18.0 Å². The highest BCUT2D eigenvalue weighted by Crippen LogP contribution is 2.20. The molecule has 188 valence electrons. The maximum absolute atomic E-state index is 12.3. The third-order valence-electron chi connectivity index (χ3n) is 5.43. The van der Waals surface area contributed by atoms with Crippen LogP contribution in [0.4, 0.5) is 5.69 Å². The van der Waals surface area contributed by atoms with Gasteiger partial charge in [-0.2, -0.15) is 5.10 Å². The lowest BCUT2D eigenvalue weighted by atomic mass is 9.95. The Hall–Kier alpha value is -2.92. The predicted octanol–water partition coefficient (Wildman–Crippen LogP) is 3.19. The normalized spacial score (nSPS) is 14.5. The standard InChI is InChI=1S/C24H29BrN4O5S/c1-35(32,33)29(21-11-9-19(25)10-12-21)16-23(30)28-26-15-18-7-13-22(14-8-18)34-17-24(31)27-20-5-3-2-4-6-20/h7-15,20H,2-6,16-17H2,1H3,(H,27,31)(H,28,30)/b26-15-. The molecule has 0 spiro atoms. The lowest BCUT2D eigenvalue weighted by Gasteiger charge is -2.22. The smallest absolute Gasteiger partial charge is 0.260 e. The van der Waals surface area contributed by atoms with Crippen LogP contribution in [0.2, 0.25) is 0 Å². The Morgan fingerprint density at radius 2 is 1.71 bits per heavy atom. The number of halogens is 1. The van der Waals surface area contributed by atoms with Crippen molar-refractivity contribution in [3.63, 3.8) is 0 Å². The SMILES string of the molecule is CS(=O)(=O)N(CC(=O)N/N=C\c1ccc(OCC(=O)NC2CCCCC2)cc1)c1ccc(Br)cc1. The molecular formula is C24H29BrN4O5S. The number of sulfonamides is 1. The number of carbonyl (C=O) groups is 2. The topological polar surface area (TPSA) is 117 Å². The first-order valence-corrected chi connectivity index (χ1v) is 13.9. The summed E-state index contributed by atoms with van der Waals surface area (Å²) in [5, 5.41) is 6.90. The average molecular weight is 565 g/mol.